The summed E-state index contributed by atoms with van der Waals surface area (Å²) in [6.45, 7) is 0.992. The Hall–Kier alpha value is -3.55. The highest BCUT2D eigenvalue weighted by molar-refractivity contribution is 5.71. The minimum atomic E-state index is -4.45. The number of pyridine rings is 1. The van der Waals surface area contributed by atoms with Gasteiger partial charge in [-0.05, 0) is 41.5 Å². The largest absolute Gasteiger partial charge is 0.439 e. The lowest BCUT2D eigenvalue weighted by atomic mass is 10.1. The number of ether oxygens (including phenoxy) is 2. The molecule has 0 radical (unpaired) electrons. The third-order valence-corrected chi connectivity index (χ3v) is 4.41. The van der Waals surface area contributed by atoms with Gasteiger partial charge in [-0.1, -0.05) is 24.3 Å². The van der Waals surface area contributed by atoms with Gasteiger partial charge >= 0.3 is 12.3 Å². The summed E-state index contributed by atoms with van der Waals surface area (Å²) in [6.07, 6.45) is -4.20. The molecule has 1 aliphatic heterocycles. The van der Waals surface area contributed by atoms with E-state index in [4.69, 9.17) is 9.47 Å². The monoisotopic (exact) mass is 400 g/mol. The van der Waals surface area contributed by atoms with Crippen molar-refractivity contribution in [2.45, 2.75) is 19.3 Å². The van der Waals surface area contributed by atoms with Crippen molar-refractivity contribution in [2.75, 3.05) is 0 Å². The topological polar surface area (TPSA) is 51.7 Å². The van der Waals surface area contributed by atoms with Crippen LogP contribution in [0.2, 0.25) is 0 Å². The molecule has 29 heavy (non-hydrogen) atoms. The van der Waals surface area contributed by atoms with Crippen LogP contribution in [-0.2, 0) is 19.3 Å². The molecule has 1 amide bonds. The Kier molecular flexibility index (Phi) is 4.84. The number of fused-ring (bicyclic) bond motifs is 1. The van der Waals surface area contributed by atoms with Gasteiger partial charge in [0.1, 0.15) is 11.5 Å². The van der Waals surface area contributed by atoms with Crippen molar-refractivity contribution in [3.63, 3.8) is 0 Å². The molecule has 0 fully saturated rings. The van der Waals surface area contributed by atoms with Gasteiger partial charge in [-0.25, -0.2) is 9.78 Å². The minimum Gasteiger partial charge on any atom is -0.439 e. The summed E-state index contributed by atoms with van der Waals surface area (Å²) in [6, 6.07) is 16.0. The molecule has 0 bridgehead atoms. The van der Waals surface area contributed by atoms with E-state index in [-0.39, 0.29) is 5.88 Å². The summed E-state index contributed by atoms with van der Waals surface area (Å²) in [5.74, 6) is 0.710. The second-order valence-electron chi connectivity index (χ2n) is 6.45. The molecule has 8 heteroatoms. The van der Waals surface area contributed by atoms with E-state index in [1.165, 1.54) is 0 Å². The average molecular weight is 400 g/mol. The quantitative estimate of drug-likeness (QED) is 0.590. The normalized spacial score (nSPS) is 13.1. The molecule has 4 rings (SSSR count). The fourth-order valence-corrected chi connectivity index (χ4v) is 2.93. The van der Waals surface area contributed by atoms with E-state index in [1.807, 2.05) is 24.3 Å². The van der Waals surface area contributed by atoms with E-state index in [0.717, 1.165) is 23.3 Å². The van der Waals surface area contributed by atoms with E-state index in [1.54, 1.807) is 29.2 Å². The van der Waals surface area contributed by atoms with Crippen molar-refractivity contribution < 1.29 is 27.4 Å². The van der Waals surface area contributed by atoms with Crippen LogP contribution in [0.3, 0.4) is 0 Å². The standard InChI is InChI=1S/C21H15F3N2O3/c22-21(23,24)16-5-10-19(25-11-16)28-17-6-8-18(9-7-17)29-20(27)26-12-14-3-1-2-4-15(14)13-26/h1-11H,12-13H2. The van der Waals surface area contributed by atoms with Crippen LogP contribution in [0.1, 0.15) is 16.7 Å². The number of alkyl halides is 3. The van der Waals surface area contributed by atoms with Crippen LogP contribution in [0.4, 0.5) is 18.0 Å². The van der Waals surface area contributed by atoms with Gasteiger partial charge in [0.15, 0.2) is 0 Å². The lowest BCUT2D eigenvalue weighted by Gasteiger charge is -2.15. The smallest absolute Gasteiger partial charge is 0.417 e. The highest BCUT2D eigenvalue weighted by Gasteiger charge is 2.30. The second-order valence-corrected chi connectivity index (χ2v) is 6.45. The lowest BCUT2D eigenvalue weighted by molar-refractivity contribution is -0.137. The zero-order chi connectivity index (χ0) is 20.4. The molecule has 1 aliphatic rings. The first-order valence-corrected chi connectivity index (χ1v) is 8.73. The molecule has 2 heterocycles. The van der Waals surface area contributed by atoms with Crippen LogP contribution in [0, 0.1) is 0 Å². The minimum absolute atomic E-state index is 0.0255. The van der Waals surface area contributed by atoms with Crippen LogP contribution in [0.25, 0.3) is 0 Å². The molecule has 148 valence electrons. The molecule has 0 aliphatic carbocycles. The fraction of sp³-hybridized carbons (Fsp3) is 0.143. The van der Waals surface area contributed by atoms with Gasteiger partial charge in [-0.2, -0.15) is 13.2 Å². The van der Waals surface area contributed by atoms with E-state index < -0.39 is 17.8 Å². The number of hydrogen-bond donors (Lipinski definition) is 0. The Morgan fingerprint density at radius 3 is 2.07 bits per heavy atom. The van der Waals surface area contributed by atoms with Crippen LogP contribution in [0.15, 0.2) is 66.9 Å². The number of halogens is 3. The van der Waals surface area contributed by atoms with Crippen molar-refractivity contribution in [3.05, 3.63) is 83.6 Å². The third-order valence-electron chi connectivity index (χ3n) is 4.41. The number of aromatic nitrogens is 1. The molecule has 0 saturated heterocycles. The van der Waals surface area contributed by atoms with Gasteiger partial charge in [0.2, 0.25) is 5.88 Å². The number of amides is 1. The Morgan fingerprint density at radius 1 is 0.897 bits per heavy atom. The first-order valence-electron chi connectivity index (χ1n) is 8.73. The molecule has 2 aromatic carbocycles. The maximum atomic E-state index is 12.6. The summed E-state index contributed by atoms with van der Waals surface area (Å²) in [4.78, 5) is 17.6. The van der Waals surface area contributed by atoms with Crippen LogP contribution in [-0.4, -0.2) is 16.0 Å². The van der Waals surface area contributed by atoms with Crippen molar-refractivity contribution in [1.29, 1.82) is 0 Å². The Balaban J connectivity index is 1.35. The molecule has 0 spiro atoms. The predicted octanol–water partition coefficient (Wildman–Crippen LogP) is 5.41. The van der Waals surface area contributed by atoms with E-state index in [9.17, 15) is 18.0 Å². The SMILES string of the molecule is O=C(Oc1ccc(Oc2ccc(C(F)(F)F)cn2)cc1)N1Cc2ccccc2C1. The average Bonchev–Trinajstić information content (AvgIpc) is 3.14. The zero-order valence-corrected chi connectivity index (χ0v) is 15.0. The van der Waals surface area contributed by atoms with Crippen LogP contribution in [0.5, 0.6) is 17.4 Å². The van der Waals surface area contributed by atoms with Crippen molar-refractivity contribution in [1.82, 2.24) is 9.88 Å². The number of nitrogens with zero attached hydrogens (tertiary/aromatic N) is 2. The van der Waals surface area contributed by atoms with Gasteiger partial charge in [-0.3, -0.25) is 4.90 Å². The molecule has 0 unspecified atom stereocenters. The van der Waals surface area contributed by atoms with E-state index in [0.29, 0.717) is 30.8 Å². The summed E-state index contributed by atoms with van der Waals surface area (Å²) in [5.41, 5.74) is 1.34. The van der Waals surface area contributed by atoms with Gasteiger partial charge in [0.25, 0.3) is 0 Å². The molecule has 0 atom stereocenters. The summed E-state index contributed by atoms with van der Waals surface area (Å²) in [7, 11) is 0. The number of carbonyl (C=O) groups excluding carboxylic acids is 1. The van der Waals surface area contributed by atoms with Crippen LogP contribution < -0.4 is 9.47 Å². The predicted molar refractivity (Wildman–Crippen MR) is 97.5 cm³/mol. The highest BCUT2D eigenvalue weighted by Crippen LogP contribution is 2.30. The van der Waals surface area contributed by atoms with Crippen molar-refractivity contribution >= 4 is 6.09 Å². The highest BCUT2D eigenvalue weighted by atomic mass is 19.4. The van der Waals surface area contributed by atoms with Gasteiger partial charge < -0.3 is 9.47 Å². The molecule has 3 aromatic rings. The Bertz CT molecular complexity index is 994. The first-order chi connectivity index (χ1) is 13.9. The van der Waals surface area contributed by atoms with Gasteiger partial charge in [0, 0.05) is 25.4 Å². The van der Waals surface area contributed by atoms with Gasteiger partial charge in [-0.15, -0.1) is 0 Å². The summed E-state index contributed by atoms with van der Waals surface area (Å²) >= 11 is 0. The molecule has 0 N–H and O–H groups in total. The first kappa shape index (κ1) is 18.8. The second kappa shape index (κ2) is 7.46. The Labute approximate surface area is 164 Å². The fourth-order valence-electron chi connectivity index (χ4n) is 2.93. The number of carbonyl (C=O) groups is 1. The van der Waals surface area contributed by atoms with E-state index in [2.05, 4.69) is 4.98 Å². The lowest BCUT2D eigenvalue weighted by Crippen LogP contribution is -2.28. The number of hydrogen-bond acceptors (Lipinski definition) is 4. The Morgan fingerprint density at radius 2 is 1.52 bits per heavy atom. The maximum absolute atomic E-state index is 12.6. The molecular formula is C21H15F3N2O3. The number of benzene rings is 2. The number of rotatable bonds is 3. The van der Waals surface area contributed by atoms with E-state index >= 15 is 0 Å². The molecule has 1 aromatic heterocycles. The summed E-state index contributed by atoms with van der Waals surface area (Å²) in [5, 5.41) is 0. The maximum Gasteiger partial charge on any atom is 0.417 e. The van der Waals surface area contributed by atoms with Gasteiger partial charge in [0.05, 0.1) is 5.56 Å². The zero-order valence-electron chi connectivity index (χ0n) is 15.0. The van der Waals surface area contributed by atoms with Crippen LogP contribution >= 0.6 is 0 Å². The summed E-state index contributed by atoms with van der Waals surface area (Å²) < 4.78 is 48.5. The third kappa shape index (κ3) is 4.31. The van der Waals surface area contributed by atoms with Crippen molar-refractivity contribution in [3.8, 4) is 17.4 Å². The molecule has 5 nitrogen and oxygen atoms in total. The molecule has 0 saturated carbocycles. The molecular weight excluding hydrogens is 385 g/mol. The van der Waals surface area contributed by atoms with Crippen molar-refractivity contribution in [2.24, 2.45) is 0 Å².